The molecule has 0 bridgehead atoms. The molecule has 0 radical (unpaired) electrons. The molecular formula is C7H12O2S. The summed E-state index contributed by atoms with van der Waals surface area (Å²) in [5.74, 6) is 1.07. The highest BCUT2D eigenvalue weighted by Crippen LogP contribution is 2.27. The van der Waals surface area contributed by atoms with Gasteiger partial charge in [0, 0.05) is 6.42 Å². The molecule has 0 aromatic rings. The molecule has 0 aromatic carbocycles. The Morgan fingerprint density at radius 3 is 3.10 bits per heavy atom. The SMILES string of the molecule is CCC(=O)OC1CCCS1. The Hall–Kier alpha value is -0.180. The second kappa shape index (κ2) is 3.86. The summed E-state index contributed by atoms with van der Waals surface area (Å²) in [6.45, 7) is 1.82. The zero-order valence-electron chi connectivity index (χ0n) is 6.13. The predicted molar refractivity (Wildman–Crippen MR) is 41.9 cm³/mol. The number of esters is 1. The largest absolute Gasteiger partial charge is 0.451 e. The minimum atomic E-state index is -0.0700. The fourth-order valence-corrected chi connectivity index (χ4v) is 1.98. The normalized spacial score (nSPS) is 24.7. The van der Waals surface area contributed by atoms with Crippen LogP contribution in [-0.4, -0.2) is 17.2 Å². The standard InChI is InChI=1S/C7H12O2S/c1-2-6(8)9-7-4-3-5-10-7/h7H,2-5H2,1H3. The maximum absolute atomic E-state index is 10.7. The van der Waals surface area contributed by atoms with Crippen molar-refractivity contribution in [2.45, 2.75) is 31.6 Å². The van der Waals surface area contributed by atoms with E-state index in [0.29, 0.717) is 6.42 Å². The van der Waals surface area contributed by atoms with E-state index in [1.54, 1.807) is 11.8 Å². The lowest BCUT2D eigenvalue weighted by Crippen LogP contribution is -2.10. The van der Waals surface area contributed by atoms with Crippen LogP contribution in [0.15, 0.2) is 0 Å². The van der Waals surface area contributed by atoms with Gasteiger partial charge in [-0.1, -0.05) is 6.92 Å². The van der Waals surface area contributed by atoms with Gasteiger partial charge in [0.1, 0.15) is 5.44 Å². The number of hydrogen-bond donors (Lipinski definition) is 0. The Morgan fingerprint density at radius 1 is 1.80 bits per heavy atom. The number of carbonyl (C=O) groups is 1. The highest BCUT2D eigenvalue weighted by atomic mass is 32.2. The average molecular weight is 160 g/mol. The average Bonchev–Trinajstić information content (AvgIpc) is 2.40. The van der Waals surface area contributed by atoms with Gasteiger partial charge in [0.05, 0.1) is 0 Å². The first kappa shape index (κ1) is 7.92. The molecule has 0 saturated carbocycles. The first-order chi connectivity index (χ1) is 4.83. The summed E-state index contributed by atoms with van der Waals surface area (Å²) in [5, 5.41) is 0. The van der Waals surface area contributed by atoms with Crippen LogP contribution in [0.25, 0.3) is 0 Å². The Kier molecular flexibility index (Phi) is 3.06. The predicted octanol–water partition coefficient (Wildman–Crippen LogP) is 1.79. The third kappa shape index (κ3) is 2.21. The van der Waals surface area contributed by atoms with Crippen molar-refractivity contribution < 1.29 is 9.53 Å². The molecule has 0 amide bonds. The van der Waals surface area contributed by atoms with E-state index in [1.807, 2.05) is 6.92 Å². The van der Waals surface area contributed by atoms with Crippen LogP contribution >= 0.6 is 11.8 Å². The zero-order chi connectivity index (χ0) is 7.40. The van der Waals surface area contributed by atoms with Crippen LogP contribution < -0.4 is 0 Å². The quantitative estimate of drug-likeness (QED) is 0.576. The van der Waals surface area contributed by atoms with Crippen molar-refractivity contribution in [2.24, 2.45) is 0 Å². The minimum Gasteiger partial charge on any atom is -0.451 e. The molecule has 1 fully saturated rings. The molecule has 1 aliphatic rings. The molecule has 0 spiro atoms. The van der Waals surface area contributed by atoms with Gasteiger partial charge >= 0.3 is 5.97 Å². The van der Waals surface area contributed by atoms with Crippen molar-refractivity contribution >= 4 is 17.7 Å². The molecule has 1 atom stereocenters. The van der Waals surface area contributed by atoms with Gasteiger partial charge in [0.2, 0.25) is 0 Å². The number of carbonyl (C=O) groups excluding carboxylic acids is 1. The van der Waals surface area contributed by atoms with Gasteiger partial charge in [-0.15, -0.1) is 11.8 Å². The first-order valence-electron chi connectivity index (χ1n) is 3.64. The molecule has 1 aliphatic heterocycles. The molecule has 58 valence electrons. The summed E-state index contributed by atoms with van der Waals surface area (Å²) in [6, 6.07) is 0. The summed E-state index contributed by atoms with van der Waals surface area (Å²) in [4.78, 5) is 10.7. The number of thioether (sulfide) groups is 1. The van der Waals surface area contributed by atoms with E-state index in [4.69, 9.17) is 4.74 Å². The molecule has 2 nitrogen and oxygen atoms in total. The highest BCUT2D eigenvalue weighted by molar-refractivity contribution is 8.00. The van der Waals surface area contributed by atoms with E-state index < -0.39 is 0 Å². The number of rotatable bonds is 2. The monoisotopic (exact) mass is 160 g/mol. The van der Waals surface area contributed by atoms with Crippen molar-refractivity contribution in [1.29, 1.82) is 0 Å². The first-order valence-corrected chi connectivity index (χ1v) is 4.69. The topological polar surface area (TPSA) is 26.3 Å². The van der Waals surface area contributed by atoms with Gasteiger partial charge in [0.25, 0.3) is 0 Å². The van der Waals surface area contributed by atoms with Gasteiger partial charge in [-0.3, -0.25) is 4.79 Å². The number of ether oxygens (including phenoxy) is 1. The molecule has 1 saturated heterocycles. The van der Waals surface area contributed by atoms with Crippen LogP contribution in [0.5, 0.6) is 0 Å². The van der Waals surface area contributed by atoms with E-state index in [-0.39, 0.29) is 11.4 Å². The van der Waals surface area contributed by atoms with Gasteiger partial charge in [0.15, 0.2) is 0 Å². The summed E-state index contributed by atoms with van der Waals surface area (Å²) in [6.07, 6.45) is 2.72. The molecule has 3 heteroatoms. The molecule has 1 rings (SSSR count). The summed E-state index contributed by atoms with van der Waals surface area (Å²) < 4.78 is 5.08. The molecule has 0 aliphatic carbocycles. The van der Waals surface area contributed by atoms with Crippen molar-refractivity contribution in [3.05, 3.63) is 0 Å². The second-order valence-corrected chi connectivity index (χ2v) is 3.55. The molecule has 1 unspecified atom stereocenters. The summed E-state index contributed by atoms with van der Waals surface area (Å²) in [5.41, 5.74) is 0.160. The fourth-order valence-electron chi connectivity index (χ4n) is 0.871. The van der Waals surface area contributed by atoms with Crippen LogP contribution in [0.3, 0.4) is 0 Å². The minimum absolute atomic E-state index is 0.0700. The lowest BCUT2D eigenvalue weighted by atomic mass is 10.4. The molecule has 0 aromatic heterocycles. The maximum Gasteiger partial charge on any atom is 0.306 e. The lowest BCUT2D eigenvalue weighted by molar-refractivity contribution is -0.144. The Morgan fingerprint density at radius 2 is 2.60 bits per heavy atom. The van der Waals surface area contributed by atoms with E-state index in [0.717, 1.165) is 12.2 Å². The van der Waals surface area contributed by atoms with Gasteiger partial charge < -0.3 is 4.74 Å². The maximum atomic E-state index is 10.7. The Labute approximate surface area is 65.3 Å². The van der Waals surface area contributed by atoms with Crippen LogP contribution in [-0.2, 0) is 9.53 Å². The van der Waals surface area contributed by atoms with Crippen molar-refractivity contribution in [1.82, 2.24) is 0 Å². The third-order valence-corrected chi connectivity index (χ3v) is 2.67. The van der Waals surface area contributed by atoms with Crippen LogP contribution in [0.4, 0.5) is 0 Å². The highest BCUT2D eigenvalue weighted by Gasteiger charge is 2.18. The van der Waals surface area contributed by atoms with Gasteiger partial charge in [-0.25, -0.2) is 0 Å². The Bertz CT molecular complexity index is 119. The summed E-state index contributed by atoms with van der Waals surface area (Å²) in [7, 11) is 0. The van der Waals surface area contributed by atoms with Crippen molar-refractivity contribution in [3.63, 3.8) is 0 Å². The Balaban J connectivity index is 2.17. The molecule has 0 N–H and O–H groups in total. The lowest BCUT2D eigenvalue weighted by Gasteiger charge is -2.08. The van der Waals surface area contributed by atoms with Gasteiger partial charge in [-0.2, -0.15) is 0 Å². The molecular weight excluding hydrogens is 148 g/mol. The molecule has 10 heavy (non-hydrogen) atoms. The van der Waals surface area contributed by atoms with Crippen molar-refractivity contribution in [3.8, 4) is 0 Å². The van der Waals surface area contributed by atoms with Crippen LogP contribution in [0.2, 0.25) is 0 Å². The smallest absolute Gasteiger partial charge is 0.306 e. The van der Waals surface area contributed by atoms with E-state index in [9.17, 15) is 4.79 Å². The zero-order valence-corrected chi connectivity index (χ0v) is 6.95. The van der Waals surface area contributed by atoms with E-state index >= 15 is 0 Å². The van der Waals surface area contributed by atoms with Crippen LogP contribution in [0, 0.1) is 0 Å². The van der Waals surface area contributed by atoms with Gasteiger partial charge in [-0.05, 0) is 18.6 Å². The molecule has 1 heterocycles. The second-order valence-electron chi connectivity index (χ2n) is 2.29. The van der Waals surface area contributed by atoms with E-state index in [2.05, 4.69) is 0 Å². The van der Waals surface area contributed by atoms with Crippen molar-refractivity contribution in [2.75, 3.05) is 5.75 Å². The van der Waals surface area contributed by atoms with E-state index in [1.165, 1.54) is 6.42 Å². The van der Waals surface area contributed by atoms with Crippen LogP contribution in [0.1, 0.15) is 26.2 Å². The fraction of sp³-hybridized carbons (Fsp3) is 0.857. The number of hydrogen-bond acceptors (Lipinski definition) is 3. The third-order valence-electron chi connectivity index (χ3n) is 1.44. The summed E-state index contributed by atoms with van der Waals surface area (Å²) >= 11 is 1.74.